The number of aryl methyl sites for hydroxylation is 1. The Morgan fingerprint density at radius 1 is 1.14 bits per heavy atom. The normalized spacial score (nSPS) is 15.0. The maximum absolute atomic E-state index is 12.7. The molecule has 1 fully saturated rings. The lowest BCUT2D eigenvalue weighted by molar-refractivity contribution is -0.135. The average molecular weight is 389 g/mol. The molecule has 0 spiro atoms. The lowest BCUT2D eigenvalue weighted by atomic mass is 10.1. The van der Waals surface area contributed by atoms with Crippen molar-refractivity contribution in [1.29, 1.82) is 0 Å². The number of rotatable bonds is 7. The lowest BCUT2D eigenvalue weighted by Crippen LogP contribution is -2.44. The Hall–Kier alpha value is -2.41. The zero-order valence-corrected chi connectivity index (χ0v) is 17.2. The van der Waals surface area contributed by atoms with Crippen molar-refractivity contribution in [3.63, 3.8) is 0 Å². The molecule has 28 heavy (non-hydrogen) atoms. The molecule has 0 aromatic heterocycles. The van der Waals surface area contributed by atoms with Gasteiger partial charge < -0.3 is 15.1 Å². The predicted octanol–water partition coefficient (Wildman–Crippen LogP) is 1.13. The molecule has 0 radical (unpaired) electrons. The van der Waals surface area contributed by atoms with E-state index in [1.807, 2.05) is 43.0 Å². The molecule has 1 N–H and O–H groups in total. The van der Waals surface area contributed by atoms with Crippen molar-refractivity contribution in [1.82, 2.24) is 20.0 Å². The topological polar surface area (TPSA) is 73.0 Å². The highest BCUT2D eigenvalue weighted by atomic mass is 16.2. The van der Waals surface area contributed by atoms with Gasteiger partial charge in [-0.1, -0.05) is 24.6 Å². The Labute approximate surface area is 167 Å². The fraction of sp³-hybridized carbons (Fsp3) is 0.571. The number of nitrogens with one attached hydrogen (secondary N) is 1. The summed E-state index contributed by atoms with van der Waals surface area (Å²) in [5.41, 5.74) is 1.78. The van der Waals surface area contributed by atoms with Crippen molar-refractivity contribution in [2.75, 3.05) is 52.9 Å². The molecule has 0 unspecified atom stereocenters. The van der Waals surface area contributed by atoms with Gasteiger partial charge in [-0.15, -0.1) is 0 Å². The van der Waals surface area contributed by atoms with E-state index >= 15 is 0 Å². The first-order valence-corrected chi connectivity index (χ1v) is 9.99. The fourth-order valence-corrected chi connectivity index (χ4v) is 3.23. The van der Waals surface area contributed by atoms with Crippen LogP contribution in [-0.4, -0.2) is 85.3 Å². The second-order valence-corrected chi connectivity index (χ2v) is 7.39. The molecule has 0 aliphatic carbocycles. The van der Waals surface area contributed by atoms with Crippen molar-refractivity contribution in [2.45, 2.75) is 26.7 Å². The highest BCUT2D eigenvalue weighted by molar-refractivity contribution is 5.94. The van der Waals surface area contributed by atoms with Gasteiger partial charge in [-0.05, 0) is 31.9 Å². The Balaban J connectivity index is 1.83. The van der Waals surface area contributed by atoms with Crippen molar-refractivity contribution in [2.24, 2.45) is 0 Å². The third kappa shape index (κ3) is 6.64. The fourth-order valence-electron chi connectivity index (χ4n) is 3.23. The summed E-state index contributed by atoms with van der Waals surface area (Å²) in [6.07, 6.45) is 1.69. The number of hydrogen-bond acceptors (Lipinski definition) is 4. The smallest absolute Gasteiger partial charge is 0.253 e. The van der Waals surface area contributed by atoms with Crippen LogP contribution in [0.3, 0.4) is 0 Å². The van der Waals surface area contributed by atoms with Gasteiger partial charge in [0.2, 0.25) is 11.8 Å². The molecule has 0 atom stereocenters. The van der Waals surface area contributed by atoms with Gasteiger partial charge in [-0.25, -0.2) is 0 Å². The summed E-state index contributed by atoms with van der Waals surface area (Å²) in [6.45, 7) is 7.63. The Bertz CT molecular complexity index is 692. The largest absolute Gasteiger partial charge is 0.355 e. The molecule has 154 valence electrons. The van der Waals surface area contributed by atoms with E-state index in [-0.39, 0.29) is 30.8 Å². The summed E-state index contributed by atoms with van der Waals surface area (Å²) in [5, 5.41) is 2.78. The molecule has 1 aliphatic rings. The van der Waals surface area contributed by atoms with Crippen LogP contribution in [-0.2, 0) is 9.59 Å². The minimum Gasteiger partial charge on any atom is -0.355 e. The van der Waals surface area contributed by atoms with E-state index < -0.39 is 0 Å². The van der Waals surface area contributed by atoms with Crippen molar-refractivity contribution >= 4 is 17.7 Å². The molecule has 0 saturated carbocycles. The number of nitrogens with zero attached hydrogens (tertiary/aromatic N) is 3. The second-order valence-electron chi connectivity index (χ2n) is 7.39. The van der Waals surface area contributed by atoms with Gasteiger partial charge in [0.1, 0.15) is 0 Å². The Morgan fingerprint density at radius 2 is 1.93 bits per heavy atom. The summed E-state index contributed by atoms with van der Waals surface area (Å²) in [7, 11) is 1.65. The van der Waals surface area contributed by atoms with E-state index in [0.29, 0.717) is 31.7 Å². The van der Waals surface area contributed by atoms with E-state index in [2.05, 4.69) is 10.2 Å². The van der Waals surface area contributed by atoms with Crippen LogP contribution in [0.5, 0.6) is 0 Å². The molecule has 1 aliphatic heterocycles. The number of hydrogen-bond donors (Lipinski definition) is 1. The van der Waals surface area contributed by atoms with Crippen LogP contribution < -0.4 is 5.32 Å². The molecular weight excluding hydrogens is 356 g/mol. The molecule has 3 amide bonds. The standard InChI is InChI=1S/C21H32N4O3/c1-4-9-22-19(26)15-23(3)20(27)16-24-10-6-11-25(13-12-24)21(28)18-8-5-7-17(2)14-18/h5,7-8,14H,4,6,9-13,15-16H2,1-3H3,(H,22,26). The van der Waals surface area contributed by atoms with Crippen molar-refractivity contribution in [3.8, 4) is 0 Å². The molecule has 1 aromatic rings. The van der Waals surface area contributed by atoms with E-state index in [4.69, 9.17) is 0 Å². The van der Waals surface area contributed by atoms with Gasteiger partial charge >= 0.3 is 0 Å². The number of carbonyl (C=O) groups excluding carboxylic acids is 3. The maximum atomic E-state index is 12.7. The summed E-state index contributed by atoms with van der Waals surface area (Å²) in [4.78, 5) is 42.3. The Kier molecular flexibility index (Phi) is 8.44. The lowest BCUT2D eigenvalue weighted by Gasteiger charge is -2.24. The molecule has 7 nitrogen and oxygen atoms in total. The molecule has 1 aromatic carbocycles. The third-order valence-electron chi connectivity index (χ3n) is 4.88. The molecule has 0 bridgehead atoms. The highest BCUT2D eigenvalue weighted by Crippen LogP contribution is 2.11. The van der Waals surface area contributed by atoms with Crippen LogP contribution >= 0.6 is 0 Å². The minimum absolute atomic E-state index is 0.0431. The predicted molar refractivity (Wildman–Crippen MR) is 109 cm³/mol. The molecule has 1 saturated heterocycles. The minimum atomic E-state index is -0.136. The zero-order valence-electron chi connectivity index (χ0n) is 17.2. The van der Waals surface area contributed by atoms with Crippen LogP contribution in [0.25, 0.3) is 0 Å². The summed E-state index contributed by atoms with van der Waals surface area (Å²) >= 11 is 0. The SMILES string of the molecule is CCCNC(=O)CN(C)C(=O)CN1CCCN(C(=O)c2cccc(C)c2)CC1. The first-order valence-electron chi connectivity index (χ1n) is 9.99. The first-order chi connectivity index (χ1) is 13.4. The number of carbonyl (C=O) groups is 3. The van der Waals surface area contributed by atoms with Gasteiger partial charge in [-0.2, -0.15) is 0 Å². The monoisotopic (exact) mass is 388 g/mol. The summed E-state index contributed by atoms with van der Waals surface area (Å²) in [5.74, 6) is -0.171. The molecule has 7 heteroatoms. The number of likely N-dealkylation sites (N-methyl/N-ethyl adjacent to an activating group) is 1. The summed E-state index contributed by atoms with van der Waals surface area (Å²) in [6, 6.07) is 7.64. The van der Waals surface area contributed by atoms with Gasteiger partial charge in [0.15, 0.2) is 0 Å². The molecule has 2 rings (SSSR count). The van der Waals surface area contributed by atoms with Crippen LogP contribution in [0.4, 0.5) is 0 Å². The highest BCUT2D eigenvalue weighted by Gasteiger charge is 2.23. The van der Waals surface area contributed by atoms with E-state index in [1.54, 1.807) is 7.05 Å². The van der Waals surface area contributed by atoms with Gasteiger partial charge in [-0.3, -0.25) is 19.3 Å². The van der Waals surface area contributed by atoms with Gasteiger partial charge in [0, 0.05) is 45.3 Å². The number of amides is 3. The van der Waals surface area contributed by atoms with Crippen LogP contribution in [0, 0.1) is 6.92 Å². The average Bonchev–Trinajstić information content (AvgIpc) is 2.91. The summed E-state index contributed by atoms with van der Waals surface area (Å²) < 4.78 is 0. The molecule has 1 heterocycles. The van der Waals surface area contributed by atoms with Crippen LogP contribution in [0.1, 0.15) is 35.7 Å². The van der Waals surface area contributed by atoms with Crippen molar-refractivity contribution < 1.29 is 14.4 Å². The van der Waals surface area contributed by atoms with Crippen LogP contribution in [0.15, 0.2) is 24.3 Å². The maximum Gasteiger partial charge on any atom is 0.253 e. The van der Waals surface area contributed by atoms with E-state index in [1.165, 1.54) is 4.90 Å². The molecular formula is C21H32N4O3. The quantitative estimate of drug-likeness (QED) is 0.760. The third-order valence-corrected chi connectivity index (χ3v) is 4.88. The first kappa shape index (κ1) is 21.9. The van der Waals surface area contributed by atoms with E-state index in [9.17, 15) is 14.4 Å². The Morgan fingerprint density at radius 3 is 2.64 bits per heavy atom. The zero-order chi connectivity index (χ0) is 20.5. The number of benzene rings is 1. The second kappa shape index (κ2) is 10.8. The van der Waals surface area contributed by atoms with Gasteiger partial charge in [0.05, 0.1) is 13.1 Å². The van der Waals surface area contributed by atoms with Gasteiger partial charge in [0.25, 0.3) is 5.91 Å². The van der Waals surface area contributed by atoms with E-state index in [0.717, 1.165) is 24.9 Å². The van der Waals surface area contributed by atoms with Crippen molar-refractivity contribution in [3.05, 3.63) is 35.4 Å². The van der Waals surface area contributed by atoms with Crippen LogP contribution in [0.2, 0.25) is 0 Å².